The third-order valence-electron chi connectivity index (χ3n) is 1.60. The van der Waals surface area contributed by atoms with Crippen LogP contribution in [0.4, 0.5) is 0 Å². The lowest BCUT2D eigenvalue weighted by Crippen LogP contribution is -2.04. The van der Waals surface area contributed by atoms with Gasteiger partial charge in [-0.2, -0.15) is 13.2 Å². The number of benzene rings is 1. The lowest BCUT2D eigenvalue weighted by atomic mass is 10.1. The maximum atomic E-state index is 8.67. The number of hydrogen-bond acceptors (Lipinski definition) is 4. The Morgan fingerprint density at radius 3 is 1.93 bits per heavy atom. The monoisotopic (exact) mass is 214 g/mol. The molecule has 78 valence electrons. The van der Waals surface area contributed by atoms with Crippen molar-refractivity contribution in [2.24, 2.45) is 5.73 Å². The summed E-state index contributed by atoms with van der Waals surface area (Å²) in [6, 6.07) is 8.46. The third kappa shape index (κ3) is 6.33. The molecule has 0 aliphatic carbocycles. The second-order valence-electron chi connectivity index (χ2n) is 2.93. The molecule has 0 aromatic heterocycles. The first-order valence-electron chi connectivity index (χ1n) is 4.06. The molecule has 0 saturated heterocycles. The molecule has 14 heavy (non-hydrogen) atoms. The maximum Gasteiger partial charge on any atom is 0.308 e. The Hall–Kier alpha value is -1.20. The van der Waals surface area contributed by atoms with E-state index in [0.29, 0.717) is 0 Å². The van der Waals surface area contributed by atoms with Crippen molar-refractivity contribution in [3.63, 3.8) is 0 Å². The molecule has 1 atom stereocenters. The number of hydrogen-bond donors (Lipinski definition) is 2. The molecule has 0 aliphatic heterocycles. The van der Waals surface area contributed by atoms with Gasteiger partial charge in [0.2, 0.25) is 0 Å². The first-order valence-corrected chi connectivity index (χ1v) is 5.13. The molecule has 0 aliphatic rings. The molecular formula is C9H14N2O2S. The van der Waals surface area contributed by atoms with Crippen molar-refractivity contribution in [2.45, 2.75) is 19.9 Å². The van der Waals surface area contributed by atoms with Crippen LogP contribution in [-0.4, -0.2) is 8.42 Å². The fourth-order valence-corrected chi connectivity index (χ4v) is 0.870. The summed E-state index contributed by atoms with van der Waals surface area (Å²) in [7, 11) is -2.61. The second kappa shape index (κ2) is 6.28. The molecule has 1 aromatic rings. The van der Waals surface area contributed by atoms with Crippen molar-refractivity contribution in [3.8, 4) is 0 Å². The van der Waals surface area contributed by atoms with E-state index < -0.39 is 10.5 Å². The van der Waals surface area contributed by atoms with Crippen LogP contribution in [0.5, 0.6) is 0 Å². The van der Waals surface area contributed by atoms with Gasteiger partial charge in [-0.15, -0.1) is 0 Å². The van der Waals surface area contributed by atoms with Gasteiger partial charge in [-0.05, 0) is 19.4 Å². The van der Waals surface area contributed by atoms with Crippen LogP contribution >= 0.6 is 0 Å². The van der Waals surface area contributed by atoms with Crippen LogP contribution in [0.2, 0.25) is 0 Å². The Bertz CT molecular complexity index is 360. The smallest absolute Gasteiger partial charge is 0.308 e. The molecule has 1 rings (SSSR count). The van der Waals surface area contributed by atoms with Crippen LogP contribution < -0.4 is 5.73 Å². The van der Waals surface area contributed by atoms with E-state index in [4.69, 9.17) is 18.9 Å². The minimum Gasteiger partial charge on any atom is -0.324 e. The number of nitrogens with two attached hydrogens (primary N) is 1. The summed E-state index contributed by atoms with van der Waals surface area (Å²) in [4.78, 5) is 0. The Balaban J connectivity index is 0.000000364. The van der Waals surface area contributed by atoms with E-state index in [1.165, 1.54) is 11.1 Å². The quantitative estimate of drug-likeness (QED) is 0.745. The summed E-state index contributed by atoms with van der Waals surface area (Å²) >= 11 is 0. The molecule has 4 nitrogen and oxygen atoms in total. The van der Waals surface area contributed by atoms with Crippen molar-refractivity contribution >= 4 is 10.5 Å². The molecule has 0 saturated carbocycles. The van der Waals surface area contributed by atoms with Gasteiger partial charge in [0.05, 0.1) is 0 Å². The molecule has 0 spiro atoms. The van der Waals surface area contributed by atoms with Gasteiger partial charge in [-0.1, -0.05) is 29.8 Å². The van der Waals surface area contributed by atoms with E-state index >= 15 is 0 Å². The van der Waals surface area contributed by atoms with Gasteiger partial charge >= 0.3 is 10.5 Å². The van der Waals surface area contributed by atoms with Crippen molar-refractivity contribution in [1.82, 2.24) is 0 Å². The van der Waals surface area contributed by atoms with Gasteiger partial charge in [-0.3, -0.25) is 0 Å². The van der Waals surface area contributed by atoms with Crippen molar-refractivity contribution < 1.29 is 8.42 Å². The zero-order valence-electron chi connectivity index (χ0n) is 8.19. The van der Waals surface area contributed by atoms with Crippen LogP contribution in [0.3, 0.4) is 0 Å². The summed E-state index contributed by atoms with van der Waals surface area (Å²) < 4.78 is 22.8. The van der Waals surface area contributed by atoms with Crippen LogP contribution in [0.15, 0.2) is 24.3 Å². The molecule has 5 heteroatoms. The summed E-state index contributed by atoms with van der Waals surface area (Å²) in [6.07, 6.45) is 0. The van der Waals surface area contributed by atoms with E-state index in [1.807, 2.05) is 6.92 Å². The Kier molecular flexibility index (Phi) is 5.74. The normalized spacial score (nSPS) is 11.1. The molecule has 0 heterocycles. The van der Waals surface area contributed by atoms with Gasteiger partial charge in [0.1, 0.15) is 0 Å². The largest absolute Gasteiger partial charge is 0.324 e. The summed E-state index contributed by atoms with van der Waals surface area (Å²) in [6.45, 7) is 4.07. The molecule has 0 unspecified atom stereocenters. The second-order valence-corrected chi connectivity index (χ2v) is 3.40. The van der Waals surface area contributed by atoms with Gasteiger partial charge < -0.3 is 5.73 Å². The Morgan fingerprint density at radius 2 is 1.64 bits per heavy atom. The van der Waals surface area contributed by atoms with E-state index in [-0.39, 0.29) is 6.04 Å². The van der Waals surface area contributed by atoms with E-state index in [1.54, 1.807) is 0 Å². The molecule has 0 bridgehead atoms. The van der Waals surface area contributed by atoms with Gasteiger partial charge in [-0.25, -0.2) is 0 Å². The lowest BCUT2D eigenvalue weighted by Gasteiger charge is -2.03. The average molecular weight is 214 g/mol. The highest BCUT2D eigenvalue weighted by atomic mass is 32.2. The Morgan fingerprint density at radius 1 is 1.29 bits per heavy atom. The number of nitrogens with one attached hydrogen (secondary N) is 1. The minimum absolute atomic E-state index is 0.153. The predicted molar refractivity (Wildman–Crippen MR) is 55.4 cm³/mol. The van der Waals surface area contributed by atoms with E-state index in [9.17, 15) is 0 Å². The summed E-state index contributed by atoms with van der Waals surface area (Å²) in [5, 5.41) is 0. The van der Waals surface area contributed by atoms with Crippen molar-refractivity contribution in [2.75, 3.05) is 0 Å². The summed E-state index contributed by atoms with van der Waals surface area (Å²) in [5.41, 5.74) is 8.15. The topological polar surface area (TPSA) is 84.0 Å². The fourth-order valence-electron chi connectivity index (χ4n) is 0.870. The SMILES string of the molecule is Cc1ccc([C@@H](C)N)cc1.N=S(=O)=O. The minimum atomic E-state index is -2.61. The van der Waals surface area contributed by atoms with Crippen molar-refractivity contribution in [1.29, 1.82) is 4.78 Å². The zero-order valence-corrected chi connectivity index (χ0v) is 9.01. The Labute approximate surface area is 85.3 Å². The highest BCUT2D eigenvalue weighted by Crippen LogP contribution is 2.09. The van der Waals surface area contributed by atoms with Crippen LogP contribution in [0, 0.1) is 11.7 Å². The molecular weight excluding hydrogens is 200 g/mol. The molecule has 0 radical (unpaired) electrons. The number of rotatable bonds is 1. The first kappa shape index (κ1) is 12.8. The highest BCUT2D eigenvalue weighted by molar-refractivity contribution is 7.60. The van der Waals surface area contributed by atoms with Crippen LogP contribution in [-0.2, 0) is 10.5 Å². The lowest BCUT2D eigenvalue weighted by molar-refractivity contribution is 0.620. The van der Waals surface area contributed by atoms with E-state index in [0.717, 1.165) is 0 Å². The van der Waals surface area contributed by atoms with E-state index in [2.05, 4.69) is 31.2 Å². The molecule has 0 amide bonds. The number of aryl methyl sites for hydroxylation is 1. The predicted octanol–water partition coefficient (Wildman–Crippen LogP) is 1.64. The fraction of sp³-hybridized carbons (Fsp3) is 0.333. The molecule has 3 N–H and O–H groups in total. The maximum absolute atomic E-state index is 8.67. The van der Waals surface area contributed by atoms with Crippen LogP contribution in [0.25, 0.3) is 0 Å². The van der Waals surface area contributed by atoms with Gasteiger partial charge in [0.15, 0.2) is 0 Å². The first-order chi connectivity index (χ1) is 6.43. The van der Waals surface area contributed by atoms with Crippen molar-refractivity contribution in [3.05, 3.63) is 35.4 Å². The third-order valence-corrected chi connectivity index (χ3v) is 1.60. The van der Waals surface area contributed by atoms with Gasteiger partial charge in [0.25, 0.3) is 0 Å². The van der Waals surface area contributed by atoms with Gasteiger partial charge in [0, 0.05) is 6.04 Å². The van der Waals surface area contributed by atoms with Crippen LogP contribution in [0.1, 0.15) is 24.1 Å². The molecule has 1 aromatic carbocycles. The standard InChI is InChI=1S/C9H13N.HNO2S/c1-7-3-5-9(6-4-7)8(2)10;1-4(2)3/h3-6,8H,10H2,1-2H3;1H/t8-;/m1./s1. The summed E-state index contributed by atoms with van der Waals surface area (Å²) in [5.74, 6) is 0. The highest BCUT2D eigenvalue weighted by Gasteiger charge is 1.95. The molecule has 0 fully saturated rings. The average Bonchev–Trinajstić information content (AvgIpc) is 2.03. The zero-order chi connectivity index (χ0) is 11.1.